The zero-order valence-corrected chi connectivity index (χ0v) is 16.3. The van der Waals surface area contributed by atoms with Gasteiger partial charge in [-0.1, -0.05) is 29.8 Å². The number of aromatic nitrogens is 2. The van der Waals surface area contributed by atoms with Gasteiger partial charge in [-0.3, -0.25) is 9.59 Å². The molecule has 0 saturated heterocycles. The molecule has 0 radical (unpaired) electrons. The van der Waals surface area contributed by atoms with E-state index in [9.17, 15) is 9.59 Å². The molecular formula is C21H22N4O3. The number of ether oxygens (including phenoxy) is 1. The molecule has 0 spiro atoms. The summed E-state index contributed by atoms with van der Waals surface area (Å²) in [5.74, 6) is 0.188. The molecule has 1 heterocycles. The number of hydrogen-bond donors (Lipinski definition) is 1. The lowest BCUT2D eigenvalue weighted by Crippen LogP contribution is -2.28. The quantitative estimate of drug-likeness (QED) is 0.546. The Morgan fingerprint density at radius 1 is 1.21 bits per heavy atom. The van der Waals surface area contributed by atoms with E-state index in [4.69, 9.17) is 4.74 Å². The fourth-order valence-corrected chi connectivity index (χ4v) is 2.97. The maximum Gasteiger partial charge on any atom is 0.292 e. The summed E-state index contributed by atoms with van der Waals surface area (Å²) in [5.41, 5.74) is 4.93. The van der Waals surface area contributed by atoms with Gasteiger partial charge in [0.05, 0.1) is 18.2 Å². The van der Waals surface area contributed by atoms with Gasteiger partial charge in [-0.05, 0) is 39.0 Å². The Labute approximate surface area is 162 Å². The number of benzene rings is 2. The van der Waals surface area contributed by atoms with E-state index >= 15 is 0 Å². The fourth-order valence-electron chi connectivity index (χ4n) is 2.97. The van der Waals surface area contributed by atoms with Gasteiger partial charge >= 0.3 is 0 Å². The Hall–Kier alpha value is -3.48. The predicted molar refractivity (Wildman–Crippen MR) is 109 cm³/mol. The summed E-state index contributed by atoms with van der Waals surface area (Å²) in [6.45, 7) is 5.93. The number of nitrogens with one attached hydrogen (secondary N) is 1. The van der Waals surface area contributed by atoms with E-state index < -0.39 is 5.91 Å². The third-order valence-electron chi connectivity index (χ3n) is 4.45. The van der Waals surface area contributed by atoms with E-state index in [-0.39, 0.29) is 11.3 Å². The van der Waals surface area contributed by atoms with Gasteiger partial charge in [-0.2, -0.15) is 10.2 Å². The molecule has 7 heteroatoms. The van der Waals surface area contributed by atoms with Gasteiger partial charge in [-0.25, -0.2) is 10.1 Å². The average Bonchev–Trinajstić information content (AvgIpc) is 2.72. The Morgan fingerprint density at radius 3 is 2.61 bits per heavy atom. The number of amides is 1. The van der Waals surface area contributed by atoms with E-state index in [0.717, 1.165) is 11.1 Å². The van der Waals surface area contributed by atoms with Crippen molar-refractivity contribution >= 4 is 22.4 Å². The number of methoxy groups -OCH3 is 1. The van der Waals surface area contributed by atoms with Gasteiger partial charge in [0.15, 0.2) is 5.69 Å². The number of carbonyl (C=O) groups is 1. The monoisotopic (exact) mass is 378 g/mol. The third kappa shape index (κ3) is 3.64. The first-order valence-corrected chi connectivity index (χ1v) is 8.95. The number of rotatable bonds is 5. The molecule has 1 aromatic heterocycles. The number of carbonyl (C=O) groups excluding carboxylic acids is 1. The molecule has 7 nitrogen and oxygen atoms in total. The molecule has 0 aliphatic carbocycles. The standard InChI is InChI=1S/C21H22N4O3/c1-5-25-21(27)16-9-7-6-8-15(16)19(24-25)20(26)23-22-14(3)17-12-13(2)10-11-18(17)28-4/h6-12H,5H2,1-4H3,(H,23,26)/b22-14-. The van der Waals surface area contributed by atoms with Crippen molar-refractivity contribution in [1.82, 2.24) is 15.2 Å². The van der Waals surface area contributed by atoms with Crippen molar-refractivity contribution in [3.63, 3.8) is 0 Å². The molecule has 1 amide bonds. The van der Waals surface area contributed by atoms with E-state index in [1.54, 1.807) is 45.2 Å². The molecule has 28 heavy (non-hydrogen) atoms. The van der Waals surface area contributed by atoms with Crippen molar-refractivity contribution in [3.05, 3.63) is 69.6 Å². The first kappa shape index (κ1) is 19.3. The molecule has 0 fully saturated rings. The highest BCUT2D eigenvalue weighted by Gasteiger charge is 2.16. The van der Waals surface area contributed by atoms with Crippen LogP contribution in [0.15, 0.2) is 52.4 Å². The number of hydrogen-bond acceptors (Lipinski definition) is 5. The average molecular weight is 378 g/mol. The maximum atomic E-state index is 12.8. The van der Waals surface area contributed by atoms with Crippen LogP contribution in [0, 0.1) is 6.92 Å². The minimum Gasteiger partial charge on any atom is -0.496 e. The highest BCUT2D eigenvalue weighted by Crippen LogP contribution is 2.20. The summed E-state index contributed by atoms with van der Waals surface area (Å²) >= 11 is 0. The largest absolute Gasteiger partial charge is 0.496 e. The minimum atomic E-state index is -0.482. The third-order valence-corrected chi connectivity index (χ3v) is 4.45. The fraction of sp³-hybridized carbons (Fsp3) is 0.238. The van der Waals surface area contributed by atoms with Crippen LogP contribution in [0.1, 0.15) is 35.5 Å². The summed E-state index contributed by atoms with van der Waals surface area (Å²) in [6.07, 6.45) is 0. The summed E-state index contributed by atoms with van der Waals surface area (Å²) in [5, 5.41) is 9.38. The highest BCUT2D eigenvalue weighted by atomic mass is 16.5. The minimum absolute atomic E-state index is 0.157. The second-order valence-electron chi connectivity index (χ2n) is 6.36. The van der Waals surface area contributed by atoms with Crippen molar-refractivity contribution in [2.75, 3.05) is 7.11 Å². The zero-order valence-electron chi connectivity index (χ0n) is 16.3. The maximum absolute atomic E-state index is 12.8. The van der Waals surface area contributed by atoms with Crippen LogP contribution in [0.5, 0.6) is 5.75 Å². The SMILES string of the molecule is CCn1nc(C(=O)N/N=C(/C)c2cc(C)ccc2OC)c2ccccc2c1=O. The lowest BCUT2D eigenvalue weighted by Gasteiger charge is -2.10. The normalized spacial score (nSPS) is 11.5. The molecule has 0 atom stereocenters. The zero-order chi connectivity index (χ0) is 20.3. The van der Waals surface area contributed by atoms with Crippen LogP contribution in [0.4, 0.5) is 0 Å². The number of nitrogens with zero attached hydrogens (tertiary/aromatic N) is 3. The lowest BCUT2D eigenvalue weighted by atomic mass is 10.1. The summed E-state index contributed by atoms with van der Waals surface area (Å²) < 4.78 is 6.65. The Bertz CT molecular complexity index is 1130. The molecule has 2 aromatic carbocycles. The van der Waals surface area contributed by atoms with Crippen LogP contribution in [-0.2, 0) is 6.54 Å². The van der Waals surface area contributed by atoms with E-state index in [1.165, 1.54) is 4.68 Å². The molecule has 3 rings (SSSR count). The molecule has 0 unspecified atom stereocenters. The van der Waals surface area contributed by atoms with Crippen molar-refractivity contribution in [1.29, 1.82) is 0 Å². The first-order chi connectivity index (χ1) is 13.5. The van der Waals surface area contributed by atoms with Gasteiger partial charge in [0.25, 0.3) is 11.5 Å². The van der Waals surface area contributed by atoms with Crippen LogP contribution in [0.2, 0.25) is 0 Å². The van der Waals surface area contributed by atoms with Crippen molar-refractivity contribution < 1.29 is 9.53 Å². The second kappa shape index (κ2) is 8.04. The van der Waals surface area contributed by atoms with Crippen molar-refractivity contribution in [2.45, 2.75) is 27.3 Å². The van der Waals surface area contributed by atoms with Crippen LogP contribution in [-0.4, -0.2) is 28.5 Å². The summed E-state index contributed by atoms with van der Waals surface area (Å²) in [6, 6.07) is 12.7. The molecule has 1 N–H and O–H groups in total. The molecular weight excluding hydrogens is 356 g/mol. The van der Waals surface area contributed by atoms with Crippen molar-refractivity contribution in [3.8, 4) is 5.75 Å². The van der Waals surface area contributed by atoms with E-state index in [2.05, 4.69) is 15.6 Å². The van der Waals surface area contributed by atoms with Gasteiger partial charge in [0.2, 0.25) is 0 Å². The number of hydrazone groups is 1. The number of fused-ring (bicyclic) bond motifs is 1. The first-order valence-electron chi connectivity index (χ1n) is 8.95. The molecule has 0 aliphatic heterocycles. The second-order valence-corrected chi connectivity index (χ2v) is 6.36. The van der Waals surface area contributed by atoms with Gasteiger partial charge in [0.1, 0.15) is 5.75 Å². The van der Waals surface area contributed by atoms with E-state index in [0.29, 0.717) is 28.8 Å². The highest BCUT2D eigenvalue weighted by molar-refractivity contribution is 6.06. The van der Waals surface area contributed by atoms with Crippen molar-refractivity contribution in [2.24, 2.45) is 5.10 Å². The van der Waals surface area contributed by atoms with Gasteiger partial charge in [0, 0.05) is 17.5 Å². The number of aryl methyl sites for hydroxylation is 2. The topological polar surface area (TPSA) is 85.6 Å². The summed E-state index contributed by atoms with van der Waals surface area (Å²) in [7, 11) is 1.59. The van der Waals surface area contributed by atoms with Crippen LogP contribution in [0.25, 0.3) is 10.8 Å². The molecule has 0 aliphatic rings. The summed E-state index contributed by atoms with van der Waals surface area (Å²) in [4.78, 5) is 25.2. The van der Waals surface area contributed by atoms with Crippen LogP contribution in [0.3, 0.4) is 0 Å². The van der Waals surface area contributed by atoms with Crippen LogP contribution >= 0.6 is 0 Å². The molecule has 144 valence electrons. The smallest absolute Gasteiger partial charge is 0.292 e. The molecule has 0 saturated carbocycles. The Kier molecular flexibility index (Phi) is 5.54. The Balaban J connectivity index is 1.98. The van der Waals surface area contributed by atoms with Gasteiger partial charge in [-0.15, -0.1) is 0 Å². The lowest BCUT2D eigenvalue weighted by molar-refractivity contribution is 0.0949. The van der Waals surface area contributed by atoms with Crippen LogP contribution < -0.4 is 15.7 Å². The molecule has 3 aromatic rings. The molecule has 0 bridgehead atoms. The van der Waals surface area contributed by atoms with E-state index in [1.807, 2.05) is 25.1 Å². The Morgan fingerprint density at radius 2 is 1.93 bits per heavy atom. The predicted octanol–water partition coefficient (Wildman–Crippen LogP) is 2.89. The van der Waals surface area contributed by atoms with Gasteiger partial charge < -0.3 is 4.74 Å².